The van der Waals surface area contributed by atoms with E-state index in [4.69, 9.17) is 14.5 Å². The van der Waals surface area contributed by atoms with Crippen molar-refractivity contribution >= 4 is 5.96 Å². The standard InChI is InChI=1S/C19H29N3O2/c1-3-20-18(22-10-8-19(14-22)9-11-24-15-19)21-12-16-6-4-5-7-17(16)13-23-2/h4-7H,3,8-15H2,1-2H3,(H,20,21). The molecule has 5 heteroatoms. The first-order chi connectivity index (χ1) is 11.8. The molecule has 2 aliphatic heterocycles. The second kappa shape index (κ2) is 7.99. The summed E-state index contributed by atoms with van der Waals surface area (Å²) in [6.45, 7) is 8.25. The third-order valence-corrected chi connectivity index (χ3v) is 5.08. The van der Waals surface area contributed by atoms with Crippen molar-refractivity contribution in [2.24, 2.45) is 10.4 Å². The molecule has 1 atom stereocenters. The predicted octanol–water partition coefficient (Wildman–Crippen LogP) is 2.41. The number of benzene rings is 1. The van der Waals surface area contributed by atoms with Crippen LogP contribution < -0.4 is 5.32 Å². The van der Waals surface area contributed by atoms with Gasteiger partial charge in [-0.3, -0.25) is 0 Å². The number of guanidine groups is 1. The highest BCUT2D eigenvalue weighted by Crippen LogP contribution is 2.38. The molecule has 0 bridgehead atoms. The Hall–Kier alpha value is -1.59. The fourth-order valence-electron chi connectivity index (χ4n) is 3.68. The van der Waals surface area contributed by atoms with Crippen molar-refractivity contribution in [3.63, 3.8) is 0 Å². The van der Waals surface area contributed by atoms with Gasteiger partial charge in [0.2, 0.25) is 0 Å². The maximum atomic E-state index is 5.64. The van der Waals surface area contributed by atoms with Crippen molar-refractivity contribution < 1.29 is 9.47 Å². The Morgan fingerprint density at radius 2 is 2.17 bits per heavy atom. The van der Waals surface area contributed by atoms with E-state index in [9.17, 15) is 0 Å². The van der Waals surface area contributed by atoms with Crippen molar-refractivity contribution in [2.45, 2.75) is 32.9 Å². The van der Waals surface area contributed by atoms with E-state index in [1.165, 1.54) is 24.0 Å². The van der Waals surface area contributed by atoms with E-state index in [0.29, 0.717) is 18.6 Å². The highest BCUT2D eigenvalue weighted by atomic mass is 16.5. The van der Waals surface area contributed by atoms with E-state index in [1.54, 1.807) is 7.11 Å². The molecule has 1 N–H and O–H groups in total. The Bertz CT molecular complexity index is 567. The molecule has 24 heavy (non-hydrogen) atoms. The van der Waals surface area contributed by atoms with Crippen LogP contribution in [0, 0.1) is 5.41 Å². The zero-order chi connectivity index (χ0) is 16.8. The molecule has 1 aromatic carbocycles. The number of hydrogen-bond acceptors (Lipinski definition) is 3. The van der Waals surface area contributed by atoms with Crippen LogP contribution >= 0.6 is 0 Å². The highest BCUT2D eigenvalue weighted by Gasteiger charge is 2.42. The van der Waals surface area contributed by atoms with Crippen molar-refractivity contribution in [2.75, 3.05) is 40.0 Å². The Morgan fingerprint density at radius 3 is 2.88 bits per heavy atom. The van der Waals surface area contributed by atoms with Crippen LogP contribution in [0.1, 0.15) is 30.9 Å². The van der Waals surface area contributed by atoms with Gasteiger partial charge in [0.05, 0.1) is 19.8 Å². The van der Waals surface area contributed by atoms with Crippen molar-refractivity contribution in [3.05, 3.63) is 35.4 Å². The van der Waals surface area contributed by atoms with E-state index in [2.05, 4.69) is 41.4 Å². The van der Waals surface area contributed by atoms with Crippen molar-refractivity contribution in [1.82, 2.24) is 10.2 Å². The molecular formula is C19H29N3O2. The molecule has 2 fully saturated rings. The molecule has 0 aliphatic carbocycles. The first-order valence-corrected chi connectivity index (χ1v) is 8.93. The number of nitrogens with zero attached hydrogens (tertiary/aromatic N) is 2. The molecule has 0 saturated carbocycles. The van der Waals surface area contributed by atoms with Gasteiger partial charge in [0, 0.05) is 38.8 Å². The van der Waals surface area contributed by atoms with Crippen LogP contribution in [-0.2, 0) is 22.6 Å². The zero-order valence-corrected chi connectivity index (χ0v) is 14.9. The Labute approximate surface area is 145 Å². The molecule has 3 rings (SSSR count). The summed E-state index contributed by atoms with van der Waals surface area (Å²) >= 11 is 0. The monoisotopic (exact) mass is 331 g/mol. The third kappa shape index (κ3) is 3.90. The lowest BCUT2D eigenvalue weighted by Gasteiger charge is -2.25. The van der Waals surface area contributed by atoms with Crippen molar-refractivity contribution in [3.8, 4) is 0 Å². The fourth-order valence-corrected chi connectivity index (χ4v) is 3.68. The quantitative estimate of drug-likeness (QED) is 0.665. The Balaban J connectivity index is 1.70. The van der Waals surface area contributed by atoms with E-state index in [0.717, 1.165) is 38.8 Å². The molecule has 2 heterocycles. The average Bonchev–Trinajstić information content (AvgIpc) is 3.23. The van der Waals surface area contributed by atoms with Gasteiger partial charge in [-0.15, -0.1) is 0 Å². The molecule has 1 unspecified atom stereocenters. The molecule has 1 spiro atoms. The number of ether oxygens (including phenoxy) is 2. The summed E-state index contributed by atoms with van der Waals surface area (Å²) in [6, 6.07) is 8.37. The summed E-state index contributed by atoms with van der Waals surface area (Å²) in [5.41, 5.74) is 2.79. The summed E-state index contributed by atoms with van der Waals surface area (Å²) in [5.74, 6) is 1.02. The van der Waals surface area contributed by atoms with Crippen LogP contribution in [-0.4, -0.2) is 50.8 Å². The smallest absolute Gasteiger partial charge is 0.194 e. The van der Waals surface area contributed by atoms with Gasteiger partial charge in [-0.1, -0.05) is 24.3 Å². The van der Waals surface area contributed by atoms with Gasteiger partial charge in [0.25, 0.3) is 0 Å². The highest BCUT2D eigenvalue weighted by molar-refractivity contribution is 5.80. The van der Waals surface area contributed by atoms with Crippen LogP contribution in [0.4, 0.5) is 0 Å². The number of nitrogens with one attached hydrogen (secondary N) is 1. The van der Waals surface area contributed by atoms with Gasteiger partial charge in [0.1, 0.15) is 0 Å². The summed E-state index contributed by atoms with van der Waals surface area (Å²) in [6.07, 6.45) is 2.39. The van der Waals surface area contributed by atoms with Gasteiger partial charge in [0.15, 0.2) is 5.96 Å². The van der Waals surface area contributed by atoms with Gasteiger partial charge < -0.3 is 19.7 Å². The number of aliphatic imine (C=N–C) groups is 1. The molecule has 5 nitrogen and oxygen atoms in total. The van der Waals surface area contributed by atoms with Gasteiger partial charge in [-0.25, -0.2) is 4.99 Å². The van der Waals surface area contributed by atoms with E-state index in [-0.39, 0.29) is 0 Å². The molecule has 132 valence electrons. The maximum absolute atomic E-state index is 5.64. The van der Waals surface area contributed by atoms with E-state index in [1.807, 2.05) is 0 Å². The second-order valence-electron chi connectivity index (χ2n) is 6.85. The lowest BCUT2D eigenvalue weighted by atomic mass is 9.87. The molecule has 2 saturated heterocycles. The topological polar surface area (TPSA) is 46.1 Å². The molecule has 0 radical (unpaired) electrons. The number of hydrogen-bond donors (Lipinski definition) is 1. The van der Waals surface area contributed by atoms with Gasteiger partial charge >= 0.3 is 0 Å². The second-order valence-corrected chi connectivity index (χ2v) is 6.85. The van der Waals surface area contributed by atoms with Crippen molar-refractivity contribution in [1.29, 1.82) is 0 Å². The summed E-state index contributed by atoms with van der Waals surface area (Å²) in [4.78, 5) is 7.30. The van der Waals surface area contributed by atoms with Gasteiger partial charge in [-0.2, -0.15) is 0 Å². The largest absolute Gasteiger partial charge is 0.381 e. The lowest BCUT2D eigenvalue weighted by molar-refractivity contribution is 0.156. The third-order valence-electron chi connectivity index (χ3n) is 5.08. The number of methoxy groups -OCH3 is 1. The van der Waals surface area contributed by atoms with Crippen LogP contribution in [0.15, 0.2) is 29.3 Å². The fraction of sp³-hybridized carbons (Fsp3) is 0.632. The molecule has 0 aromatic heterocycles. The molecule has 0 amide bonds. The van der Waals surface area contributed by atoms with Crippen LogP contribution in [0.3, 0.4) is 0 Å². The average molecular weight is 331 g/mol. The minimum Gasteiger partial charge on any atom is -0.381 e. The first kappa shape index (κ1) is 17.2. The Kier molecular flexibility index (Phi) is 5.74. The van der Waals surface area contributed by atoms with Crippen LogP contribution in [0.25, 0.3) is 0 Å². The van der Waals surface area contributed by atoms with Gasteiger partial charge in [-0.05, 0) is 30.9 Å². The summed E-state index contributed by atoms with van der Waals surface area (Å²) < 4.78 is 10.9. The zero-order valence-electron chi connectivity index (χ0n) is 14.9. The van der Waals surface area contributed by atoms with E-state index < -0.39 is 0 Å². The van der Waals surface area contributed by atoms with Crippen LogP contribution in [0.2, 0.25) is 0 Å². The molecule has 2 aliphatic rings. The first-order valence-electron chi connectivity index (χ1n) is 8.93. The SMILES string of the molecule is CCNC(=NCc1ccccc1COC)N1CCC2(CCOC2)C1. The Morgan fingerprint density at radius 1 is 1.33 bits per heavy atom. The molecule has 1 aromatic rings. The maximum Gasteiger partial charge on any atom is 0.194 e. The molecular weight excluding hydrogens is 302 g/mol. The minimum absolute atomic E-state index is 0.351. The predicted molar refractivity (Wildman–Crippen MR) is 96.0 cm³/mol. The minimum atomic E-state index is 0.351. The normalized spacial score (nSPS) is 24.1. The van der Waals surface area contributed by atoms with E-state index >= 15 is 0 Å². The summed E-state index contributed by atoms with van der Waals surface area (Å²) in [7, 11) is 1.73. The summed E-state index contributed by atoms with van der Waals surface area (Å²) in [5, 5.41) is 3.46. The van der Waals surface area contributed by atoms with Crippen LogP contribution in [0.5, 0.6) is 0 Å². The number of likely N-dealkylation sites (tertiary alicyclic amines) is 1. The number of rotatable bonds is 5. The lowest BCUT2D eigenvalue weighted by Crippen LogP contribution is -2.41.